The monoisotopic (exact) mass is 186 g/mol. The second-order valence-electron chi connectivity index (χ2n) is 2.91. The molecule has 0 amide bonds. The smallest absolute Gasteiger partial charge is 0.125 e. The van der Waals surface area contributed by atoms with Crippen molar-refractivity contribution in [3.8, 4) is 5.69 Å². The fourth-order valence-corrected chi connectivity index (χ4v) is 1.09. The first-order valence-corrected chi connectivity index (χ1v) is 4.26. The molecule has 0 unspecified atom stereocenters. The van der Waals surface area contributed by atoms with Crippen LogP contribution in [0.15, 0.2) is 31.4 Å². The number of aryl methyl sites for hydroxylation is 1. The lowest BCUT2D eigenvalue weighted by atomic mass is 10.4. The van der Waals surface area contributed by atoms with E-state index in [-0.39, 0.29) is 0 Å². The van der Waals surface area contributed by atoms with E-state index in [1.807, 2.05) is 13.1 Å². The van der Waals surface area contributed by atoms with Gasteiger partial charge in [0.05, 0.1) is 18.6 Å². The minimum absolute atomic E-state index is 0.754. The van der Waals surface area contributed by atoms with Crippen molar-refractivity contribution in [1.82, 2.24) is 19.7 Å². The quantitative estimate of drug-likeness (QED) is 0.715. The van der Waals surface area contributed by atoms with Gasteiger partial charge >= 0.3 is 0 Å². The SMILES string of the molecule is C=Cc1cnn(-c2cnc(C)nc2)c1. The van der Waals surface area contributed by atoms with E-state index in [4.69, 9.17) is 0 Å². The molecule has 0 aliphatic heterocycles. The van der Waals surface area contributed by atoms with Crippen molar-refractivity contribution in [2.75, 3.05) is 0 Å². The van der Waals surface area contributed by atoms with Gasteiger partial charge in [-0.1, -0.05) is 12.7 Å². The number of hydrogen-bond donors (Lipinski definition) is 0. The number of nitrogens with zero attached hydrogens (tertiary/aromatic N) is 4. The van der Waals surface area contributed by atoms with Gasteiger partial charge in [0.25, 0.3) is 0 Å². The summed E-state index contributed by atoms with van der Waals surface area (Å²) in [6, 6.07) is 0. The summed E-state index contributed by atoms with van der Waals surface area (Å²) in [6.07, 6.45) is 8.84. The summed E-state index contributed by atoms with van der Waals surface area (Å²) in [7, 11) is 0. The second-order valence-corrected chi connectivity index (χ2v) is 2.91. The molecule has 4 nitrogen and oxygen atoms in total. The van der Waals surface area contributed by atoms with Crippen LogP contribution in [0.1, 0.15) is 11.4 Å². The third kappa shape index (κ3) is 1.54. The Morgan fingerprint density at radius 1 is 1.29 bits per heavy atom. The zero-order chi connectivity index (χ0) is 9.97. The summed E-state index contributed by atoms with van der Waals surface area (Å²) >= 11 is 0. The maximum Gasteiger partial charge on any atom is 0.125 e. The molecule has 0 saturated heterocycles. The molecule has 0 atom stereocenters. The fourth-order valence-electron chi connectivity index (χ4n) is 1.09. The zero-order valence-electron chi connectivity index (χ0n) is 7.88. The molecule has 0 fully saturated rings. The van der Waals surface area contributed by atoms with Crippen molar-refractivity contribution >= 4 is 6.08 Å². The summed E-state index contributed by atoms with van der Waals surface area (Å²) in [4.78, 5) is 8.19. The normalized spacial score (nSPS) is 10.1. The number of aromatic nitrogens is 4. The Balaban J connectivity index is 2.39. The molecular weight excluding hydrogens is 176 g/mol. The molecule has 70 valence electrons. The van der Waals surface area contributed by atoms with Crippen LogP contribution >= 0.6 is 0 Å². The summed E-state index contributed by atoms with van der Waals surface area (Å²) < 4.78 is 1.72. The topological polar surface area (TPSA) is 43.6 Å². The molecule has 0 aliphatic rings. The molecule has 2 rings (SSSR count). The Kier molecular flexibility index (Phi) is 2.10. The Morgan fingerprint density at radius 2 is 2.00 bits per heavy atom. The first-order chi connectivity index (χ1) is 6.79. The minimum atomic E-state index is 0.754. The highest BCUT2D eigenvalue weighted by Crippen LogP contribution is 2.06. The van der Waals surface area contributed by atoms with Crippen molar-refractivity contribution in [2.24, 2.45) is 0 Å². The lowest BCUT2D eigenvalue weighted by molar-refractivity contribution is 0.856. The molecule has 2 heterocycles. The van der Waals surface area contributed by atoms with Crippen LogP contribution in [0.2, 0.25) is 0 Å². The average Bonchev–Trinajstić information content (AvgIpc) is 2.67. The zero-order valence-corrected chi connectivity index (χ0v) is 7.88. The Bertz CT molecular complexity index is 441. The standard InChI is InChI=1S/C10H10N4/c1-3-9-4-13-14(7-9)10-5-11-8(2)12-6-10/h3-7H,1H2,2H3. The molecule has 4 heteroatoms. The van der Waals surface area contributed by atoms with Crippen molar-refractivity contribution in [2.45, 2.75) is 6.92 Å². The highest BCUT2D eigenvalue weighted by atomic mass is 15.3. The molecule has 2 aromatic heterocycles. The largest absolute Gasteiger partial charge is 0.239 e. The van der Waals surface area contributed by atoms with Crippen LogP contribution in [-0.2, 0) is 0 Å². The van der Waals surface area contributed by atoms with Crippen LogP contribution < -0.4 is 0 Å². The van der Waals surface area contributed by atoms with Crippen LogP contribution in [-0.4, -0.2) is 19.7 Å². The van der Waals surface area contributed by atoms with Crippen molar-refractivity contribution in [3.05, 3.63) is 42.8 Å². The third-order valence-electron chi connectivity index (χ3n) is 1.87. The molecule has 0 aliphatic carbocycles. The molecule has 0 spiro atoms. The van der Waals surface area contributed by atoms with Gasteiger partial charge in [0, 0.05) is 11.8 Å². The average molecular weight is 186 g/mol. The van der Waals surface area contributed by atoms with Gasteiger partial charge in [-0.25, -0.2) is 14.6 Å². The van der Waals surface area contributed by atoms with E-state index >= 15 is 0 Å². The van der Waals surface area contributed by atoms with Gasteiger partial charge in [-0.15, -0.1) is 0 Å². The van der Waals surface area contributed by atoms with Gasteiger partial charge in [-0.2, -0.15) is 5.10 Å². The highest BCUT2D eigenvalue weighted by Gasteiger charge is 1.98. The van der Waals surface area contributed by atoms with Crippen LogP contribution in [0.4, 0.5) is 0 Å². The summed E-state index contributed by atoms with van der Waals surface area (Å²) in [5, 5.41) is 4.15. The van der Waals surface area contributed by atoms with Gasteiger partial charge in [0.15, 0.2) is 0 Å². The molecule has 0 N–H and O–H groups in total. The Morgan fingerprint density at radius 3 is 2.57 bits per heavy atom. The second kappa shape index (κ2) is 3.41. The third-order valence-corrected chi connectivity index (χ3v) is 1.87. The Labute approximate surface area is 81.9 Å². The van der Waals surface area contributed by atoms with Crippen molar-refractivity contribution in [1.29, 1.82) is 0 Å². The maximum absolute atomic E-state index is 4.15. The van der Waals surface area contributed by atoms with E-state index in [0.29, 0.717) is 0 Å². The number of hydrogen-bond acceptors (Lipinski definition) is 3. The van der Waals surface area contributed by atoms with Crippen molar-refractivity contribution < 1.29 is 0 Å². The summed E-state index contributed by atoms with van der Waals surface area (Å²) in [5.41, 5.74) is 1.83. The van der Waals surface area contributed by atoms with Crippen LogP contribution in [0.5, 0.6) is 0 Å². The Hall–Kier alpha value is -1.97. The van der Waals surface area contributed by atoms with Gasteiger partial charge in [-0.3, -0.25) is 0 Å². The highest BCUT2D eigenvalue weighted by molar-refractivity contribution is 5.44. The first-order valence-electron chi connectivity index (χ1n) is 4.26. The van der Waals surface area contributed by atoms with Crippen molar-refractivity contribution in [3.63, 3.8) is 0 Å². The van der Waals surface area contributed by atoms with E-state index in [1.54, 1.807) is 29.3 Å². The summed E-state index contributed by atoms with van der Waals surface area (Å²) in [5.74, 6) is 0.754. The van der Waals surface area contributed by atoms with Gasteiger partial charge in [-0.05, 0) is 6.92 Å². The van der Waals surface area contributed by atoms with Crippen LogP contribution in [0, 0.1) is 6.92 Å². The molecule has 0 aromatic carbocycles. The summed E-state index contributed by atoms with van der Waals surface area (Å²) in [6.45, 7) is 5.52. The predicted molar refractivity (Wildman–Crippen MR) is 54.0 cm³/mol. The van der Waals surface area contributed by atoms with E-state index in [2.05, 4.69) is 21.6 Å². The van der Waals surface area contributed by atoms with E-state index in [0.717, 1.165) is 17.1 Å². The molecule has 0 bridgehead atoms. The molecular formula is C10H10N4. The fraction of sp³-hybridized carbons (Fsp3) is 0.100. The molecule has 14 heavy (non-hydrogen) atoms. The maximum atomic E-state index is 4.15. The minimum Gasteiger partial charge on any atom is -0.239 e. The van der Waals surface area contributed by atoms with Crippen LogP contribution in [0.3, 0.4) is 0 Å². The lowest BCUT2D eigenvalue weighted by Gasteiger charge is -1.98. The van der Waals surface area contributed by atoms with E-state index in [1.165, 1.54) is 0 Å². The van der Waals surface area contributed by atoms with Gasteiger partial charge < -0.3 is 0 Å². The first kappa shape index (κ1) is 8.62. The predicted octanol–water partition coefficient (Wildman–Crippen LogP) is 1.61. The van der Waals surface area contributed by atoms with Gasteiger partial charge in [0.2, 0.25) is 0 Å². The van der Waals surface area contributed by atoms with Gasteiger partial charge in [0.1, 0.15) is 11.5 Å². The molecule has 0 saturated carbocycles. The number of rotatable bonds is 2. The lowest BCUT2D eigenvalue weighted by Crippen LogP contribution is -1.97. The molecule has 0 radical (unpaired) electrons. The van der Waals surface area contributed by atoms with E-state index in [9.17, 15) is 0 Å². The molecule has 2 aromatic rings. The van der Waals surface area contributed by atoms with Crippen LogP contribution in [0.25, 0.3) is 11.8 Å². The van der Waals surface area contributed by atoms with E-state index < -0.39 is 0 Å².